The first-order chi connectivity index (χ1) is 14.3. The molecule has 0 heterocycles. The number of allylic oxidation sites excluding steroid dienone is 5. The average Bonchev–Trinajstić information content (AvgIpc) is 2.73. The van der Waals surface area contributed by atoms with Gasteiger partial charge >= 0.3 is 0 Å². The van der Waals surface area contributed by atoms with E-state index in [0.29, 0.717) is 46.7 Å². The van der Waals surface area contributed by atoms with Crippen LogP contribution in [0.1, 0.15) is 39.7 Å². The van der Waals surface area contributed by atoms with Gasteiger partial charge in [-0.1, -0.05) is 74.9 Å². The van der Waals surface area contributed by atoms with Crippen molar-refractivity contribution in [3.63, 3.8) is 0 Å². The molecule has 0 radical (unpaired) electrons. The number of rotatable bonds is 5. The molecule has 4 heteroatoms. The topological polar surface area (TPSA) is 49.3 Å². The van der Waals surface area contributed by atoms with Crippen LogP contribution in [0.2, 0.25) is 5.02 Å². The first-order valence-electron chi connectivity index (χ1n) is 11.0. The Morgan fingerprint density at radius 1 is 1.20 bits per heavy atom. The Morgan fingerprint density at radius 2 is 1.90 bits per heavy atom. The van der Waals surface area contributed by atoms with Crippen molar-refractivity contribution in [3.05, 3.63) is 70.8 Å². The monoisotopic (exact) mass is 427 g/mol. The van der Waals surface area contributed by atoms with Gasteiger partial charge in [0.15, 0.2) is 0 Å². The molecule has 3 nitrogen and oxygen atoms in total. The number of aliphatic hydroxyl groups excluding tert-OH is 1. The normalized spacial score (nSPS) is 34.1. The number of hydrogen-bond donors (Lipinski definition) is 2. The molecule has 0 aromatic heterocycles. The van der Waals surface area contributed by atoms with E-state index in [9.17, 15) is 9.90 Å². The van der Waals surface area contributed by atoms with Crippen LogP contribution in [-0.4, -0.2) is 17.1 Å². The van der Waals surface area contributed by atoms with E-state index >= 15 is 0 Å². The van der Waals surface area contributed by atoms with Crippen LogP contribution in [0, 0.1) is 35.5 Å². The minimum Gasteiger partial charge on any atom is -0.393 e. The molecule has 2 aliphatic carbocycles. The van der Waals surface area contributed by atoms with E-state index in [2.05, 4.69) is 44.3 Å². The van der Waals surface area contributed by atoms with Crippen molar-refractivity contribution in [2.24, 2.45) is 35.5 Å². The number of amides is 1. The highest BCUT2D eigenvalue weighted by molar-refractivity contribution is 6.30. The van der Waals surface area contributed by atoms with Gasteiger partial charge in [-0.3, -0.25) is 4.79 Å². The fourth-order valence-electron chi connectivity index (χ4n) is 5.13. The van der Waals surface area contributed by atoms with Crippen molar-refractivity contribution < 1.29 is 9.90 Å². The maximum absolute atomic E-state index is 12.4. The van der Waals surface area contributed by atoms with Gasteiger partial charge in [0, 0.05) is 17.1 Å². The summed E-state index contributed by atoms with van der Waals surface area (Å²) in [6.07, 6.45) is 11.6. The van der Waals surface area contributed by atoms with Crippen LogP contribution in [-0.2, 0) is 11.3 Å². The van der Waals surface area contributed by atoms with E-state index < -0.39 is 0 Å². The van der Waals surface area contributed by atoms with Crippen molar-refractivity contribution in [2.45, 2.75) is 46.8 Å². The zero-order chi connectivity index (χ0) is 21.8. The zero-order valence-electron chi connectivity index (χ0n) is 18.4. The quantitative estimate of drug-likeness (QED) is 0.367. The van der Waals surface area contributed by atoms with E-state index in [4.69, 9.17) is 11.6 Å². The van der Waals surface area contributed by atoms with Crippen LogP contribution < -0.4 is 5.32 Å². The summed E-state index contributed by atoms with van der Waals surface area (Å²) in [6.45, 7) is 8.91. The highest BCUT2D eigenvalue weighted by atomic mass is 35.5. The van der Waals surface area contributed by atoms with Crippen LogP contribution in [0.4, 0.5) is 0 Å². The number of carbonyl (C=O) groups is 1. The molecule has 0 bridgehead atoms. The van der Waals surface area contributed by atoms with Gasteiger partial charge in [0.25, 0.3) is 0 Å². The summed E-state index contributed by atoms with van der Waals surface area (Å²) >= 11 is 5.90. The van der Waals surface area contributed by atoms with E-state index in [0.717, 1.165) is 12.0 Å². The van der Waals surface area contributed by atoms with Crippen LogP contribution in [0.15, 0.2) is 60.2 Å². The van der Waals surface area contributed by atoms with E-state index in [1.165, 1.54) is 0 Å². The van der Waals surface area contributed by atoms with Crippen molar-refractivity contribution in [3.8, 4) is 0 Å². The Bertz CT molecular complexity index is 826. The molecule has 1 fully saturated rings. The fraction of sp³-hybridized carbons (Fsp3) is 0.500. The predicted molar refractivity (Wildman–Crippen MR) is 124 cm³/mol. The molecule has 162 valence electrons. The van der Waals surface area contributed by atoms with Crippen LogP contribution in [0.5, 0.6) is 0 Å². The molecular formula is C26H34ClNO2. The second kappa shape index (κ2) is 9.98. The molecule has 1 aromatic carbocycles. The molecule has 7 atom stereocenters. The third-order valence-electron chi connectivity index (χ3n) is 6.98. The average molecular weight is 428 g/mol. The van der Waals surface area contributed by atoms with Gasteiger partial charge in [-0.05, 0) is 66.5 Å². The predicted octanol–water partition coefficient (Wildman–Crippen LogP) is 5.55. The Hall–Kier alpha value is -1.84. The summed E-state index contributed by atoms with van der Waals surface area (Å²) in [6, 6.07) is 7.48. The molecule has 0 saturated heterocycles. The third kappa shape index (κ3) is 5.25. The number of aliphatic hydroxyl groups is 1. The molecule has 0 spiro atoms. The van der Waals surface area contributed by atoms with Gasteiger partial charge in [-0.15, -0.1) is 0 Å². The number of hydrogen-bond acceptors (Lipinski definition) is 2. The summed E-state index contributed by atoms with van der Waals surface area (Å²) in [4.78, 5) is 12.4. The lowest BCUT2D eigenvalue weighted by Crippen LogP contribution is -2.46. The van der Waals surface area contributed by atoms with E-state index in [-0.39, 0.29) is 17.9 Å². The number of halogens is 1. The van der Waals surface area contributed by atoms with Crippen LogP contribution in [0.3, 0.4) is 0 Å². The standard InChI is InChI=1S/C26H34ClNO2/c1-16-8-11-21-14-18(3)25(29)19(4)24(21)23(16)7-5-6-17(2)26(30)28-15-20-9-12-22(27)13-10-20/h5-13,16,18-19,21,23-25,29H,14-15H2,1-4H3,(H,28,30)/b7-5+,17-6+/t16-,18+,19-,21-,23-,24-,25-/m0/s1. The largest absolute Gasteiger partial charge is 0.393 e. The lowest BCUT2D eigenvalue weighted by atomic mass is 9.58. The van der Waals surface area contributed by atoms with Crippen molar-refractivity contribution in [2.75, 3.05) is 0 Å². The second-order valence-corrected chi connectivity index (χ2v) is 9.61. The lowest BCUT2D eigenvalue weighted by Gasteiger charge is -2.48. The number of nitrogens with one attached hydrogen (secondary N) is 1. The number of carbonyl (C=O) groups excluding carboxylic acids is 1. The summed E-state index contributed by atoms with van der Waals surface area (Å²) in [7, 11) is 0. The Labute approximate surface area is 185 Å². The van der Waals surface area contributed by atoms with Gasteiger partial charge in [0.05, 0.1) is 6.10 Å². The second-order valence-electron chi connectivity index (χ2n) is 9.17. The third-order valence-corrected chi connectivity index (χ3v) is 7.24. The minimum atomic E-state index is -0.239. The van der Waals surface area contributed by atoms with Crippen molar-refractivity contribution in [1.29, 1.82) is 0 Å². The maximum Gasteiger partial charge on any atom is 0.247 e. The summed E-state index contributed by atoms with van der Waals surface area (Å²) < 4.78 is 0. The summed E-state index contributed by atoms with van der Waals surface area (Å²) in [5.74, 6) is 2.32. The minimum absolute atomic E-state index is 0.0700. The van der Waals surface area contributed by atoms with E-state index in [1.54, 1.807) is 0 Å². The van der Waals surface area contributed by atoms with Crippen molar-refractivity contribution >= 4 is 17.5 Å². The highest BCUT2D eigenvalue weighted by Gasteiger charge is 2.44. The van der Waals surface area contributed by atoms with Crippen molar-refractivity contribution in [1.82, 2.24) is 5.32 Å². The molecule has 30 heavy (non-hydrogen) atoms. The Morgan fingerprint density at radius 3 is 2.60 bits per heavy atom. The van der Waals surface area contributed by atoms with Gasteiger partial charge in [-0.2, -0.15) is 0 Å². The Balaban J connectivity index is 1.63. The first-order valence-corrected chi connectivity index (χ1v) is 11.4. The summed E-state index contributed by atoms with van der Waals surface area (Å²) in [5.41, 5.74) is 1.70. The Kier molecular flexibility index (Phi) is 7.60. The molecule has 2 N–H and O–H groups in total. The van der Waals surface area contributed by atoms with Crippen LogP contribution in [0.25, 0.3) is 0 Å². The number of benzene rings is 1. The lowest BCUT2D eigenvalue weighted by molar-refractivity contribution is -0.117. The molecule has 1 amide bonds. The highest BCUT2D eigenvalue weighted by Crippen LogP contribution is 2.48. The molecule has 0 aliphatic heterocycles. The molecule has 1 saturated carbocycles. The first kappa shape index (κ1) is 22.8. The van der Waals surface area contributed by atoms with Gasteiger partial charge in [-0.25, -0.2) is 0 Å². The van der Waals surface area contributed by atoms with Crippen LogP contribution >= 0.6 is 11.6 Å². The molecular weight excluding hydrogens is 394 g/mol. The maximum atomic E-state index is 12.4. The molecule has 0 unspecified atom stereocenters. The van der Waals surface area contributed by atoms with Gasteiger partial charge < -0.3 is 10.4 Å². The van der Waals surface area contributed by atoms with Gasteiger partial charge in [0.2, 0.25) is 5.91 Å². The number of fused-ring (bicyclic) bond motifs is 1. The SMILES string of the molecule is C/C(=C\C=C\[C@@H]1[C@H]2[C@H](C)[C@@H](O)[C@H](C)C[C@@H]2C=C[C@@H]1C)C(=O)NCc1ccc(Cl)cc1. The molecule has 3 rings (SSSR count). The van der Waals surface area contributed by atoms with Gasteiger partial charge in [0.1, 0.15) is 0 Å². The zero-order valence-corrected chi connectivity index (χ0v) is 19.1. The molecule has 1 aromatic rings. The smallest absolute Gasteiger partial charge is 0.247 e. The van der Waals surface area contributed by atoms with E-state index in [1.807, 2.05) is 43.3 Å². The summed E-state index contributed by atoms with van der Waals surface area (Å²) in [5, 5.41) is 14.3. The fourth-order valence-corrected chi connectivity index (χ4v) is 5.26. The molecule has 2 aliphatic rings.